The molecule has 6 unspecified atom stereocenters. The Morgan fingerprint density at radius 2 is 1.45 bits per heavy atom. The van der Waals surface area contributed by atoms with Gasteiger partial charge in [-0.1, -0.05) is 32.0 Å². The number of nitrogens with one attached hydrogen (secondary N) is 7. The second-order valence-corrected chi connectivity index (χ2v) is 12.4. The third-order valence-electron chi connectivity index (χ3n) is 8.01. The molecule has 10 N–H and O–H groups in total. The first-order chi connectivity index (χ1) is 23.2. The third-order valence-corrected chi connectivity index (χ3v) is 8.01. The number of aromatic amines is 1. The topological polar surface area (TPSA) is 268 Å². The molecule has 0 radical (unpaired) electrons. The van der Waals surface area contributed by atoms with E-state index in [2.05, 4.69) is 36.9 Å². The molecular formula is C32H45N7O10. The van der Waals surface area contributed by atoms with Gasteiger partial charge >= 0.3 is 11.9 Å². The number of benzene rings is 1. The van der Waals surface area contributed by atoms with Gasteiger partial charge in [-0.15, -0.1) is 0 Å². The van der Waals surface area contributed by atoms with Crippen molar-refractivity contribution in [1.82, 2.24) is 36.9 Å². The van der Waals surface area contributed by atoms with Crippen LogP contribution in [0.1, 0.15) is 52.0 Å². The SMILES string of the molecule is CC(C)CC(NC(=O)C(CO)NC(=O)C1CCCN1)C(=O)NC(C)C(=O)NC(CC(=O)O)C(=O)NC(Cc1c[nH]c2ccccc12)C(=O)O. The van der Waals surface area contributed by atoms with E-state index in [0.29, 0.717) is 18.5 Å². The van der Waals surface area contributed by atoms with E-state index in [1.807, 2.05) is 0 Å². The van der Waals surface area contributed by atoms with Gasteiger partial charge in [-0.3, -0.25) is 28.8 Å². The molecule has 1 aliphatic rings. The highest BCUT2D eigenvalue weighted by Crippen LogP contribution is 2.19. The van der Waals surface area contributed by atoms with Crippen LogP contribution in [-0.4, -0.2) is 111 Å². The minimum atomic E-state index is -1.69. The Kier molecular flexibility index (Phi) is 14.1. The molecule has 49 heavy (non-hydrogen) atoms. The van der Waals surface area contributed by atoms with Gasteiger partial charge in [0.1, 0.15) is 30.2 Å². The summed E-state index contributed by atoms with van der Waals surface area (Å²) in [6.07, 6.45) is 2.08. The van der Waals surface area contributed by atoms with Gasteiger partial charge in [0.15, 0.2) is 0 Å². The van der Waals surface area contributed by atoms with Gasteiger partial charge in [0, 0.05) is 23.5 Å². The molecule has 1 fully saturated rings. The molecule has 17 heteroatoms. The number of aliphatic hydroxyl groups is 1. The number of carbonyl (C=O) groups is 7. The minimum Gasteiger partial charge on any atom is -0.481 e. The molecule has 1 aliphatic heterocycles. The molecule has 6 atom stereocenters. The van der Waals surface area contributed by atoms with E-state index in [1.54, 1.807) is 44.3 Å². The number of rotatable bonds is 18. The molecular weight excluding hydrogens is 642 g/mol. The van der Waals surface area contributed by atoms with Crippen LogP contribution in [0.15, 0.2) is 30.5 Å². The fourth-order valence-electron chi connectivity index (χ4n) is 5.40. The predicted octanol–water partition coefficient (Wildman–Crippen LogP) is -1.50. The molecule has 17 nitrogen and oxygen atoms in total. The van der Waals surface area contributed by atoms with Crippen molar-refractivity contribution < 1.29 is 48.9 Å². The lowest BCUT2D eigenvalue weighted by Crippen LogP contribution is -2.59. The number of hydrogen-bond acceptors (Lipinski definition) is 9. The quantitative estimate of drug-likeness (QED) is 0.0862. The molecule has 268 valence electrons. The number of carboxylic acids is 2. The highest BCUT2D eigenvalue weighted by atomic mass is 16.4. The van der Waals surface area contributed by atoms with Gasteiger partial charge in [-0.2, -0.15) is 0 Å². The summed E-state index contributed by atoms with van der Waals surface area (Å²) in [7, 11) is 0. The Morgan fingerprint density at radius 1 is 0.816 bits per heavy atom. The zero-order valence-corrected chi connectivity index (χ0v) is 27.6. The second-order valence-electron chi connectivity index (χ2n) is 12.4. The van der Waals surface area contributed by atoms with Gasteiger partial charge in [-0.25, -0.2) is 4.79 Å². The predicted molar refractivity (Wildman–Crippen MR) is 175 cm³/mol. The lowest BCUT2D eigenvalue weighted by molar-refractivity contribution is -0.143. The van der Waals surface area contributed by atoms with E-state index < -0.39 is 90.8 Å². The van der Waals surface area contributed by atoms with Crippen molar-refractivity contribution >= 4 is 52.4 Å². The van der Waals surface area contributed by atoms with Crippen LogP contribution in [-0.2, 0) is 40.0 Å². The maximum absolute atomic E-state index is 13.2. The van der Waals surface area contributed by atoms with Gasteiger partial charge < -0.3 is 52.2 Å². The Morgan fingerprint density at radius 3 is 2.06 bits per heavy atom. The average Bonchev–Trinajstić information content (AvgIpc) is 3.73. The summed E-state index contributed by atoms with van der Waals surface area (Å²) in [4.78, 5) is 91.5. The summed E-state index contributed by atoms with van der Waals surface area (Å²) in [5.41, 5.74) is 1.35. The zero-order valence-electron chi connectivity index (χ0n) is 27.6. The standard InChI is InChI=1S/C32H45N7O10/c1-16(2)11-22(37-31(47)25(15-40)39-28(44)21-9-6-10-33-21)29(45)35-17(3)27(43)36-23(13-26(41)42)30(46)38-24(32(48)49)12-18-14-34-20-8-5-4-7-19(18)20/h4-5,7-8,14,16-17,21-25,33-34,40H,6,9-13,15H2,1-3H3,(H,35,45)(H,36,43)(H,37,47)(H,38,46)(H,39,44)(H,41,42)(H,48,49). The summed E-state index contributed by atoms with van der Waals surface area (Å²) >= 11 is 0. The summed E-state index contributed by atoms with van der Waals surface area (Å²) in [5, 5.41) is 44.7. The number of aromatic nitrogens is 1. The lowest BCUT2D eigenvalue weighted by atomic mass is 10.0. The fraction of sp³-hybridized carbons (Fsp3) is 0.531. The monoisotopic (exact) mass is 687 g/mol. The number of aliphatic carboxylic acids is 2. The number of carbonyl (C=O) groups excluding carboxylic acids is 5. The first-order valence-corrected chi connectivity index (χ1v) is 16.1. The number of aliphatic hydroxyl groups excluding tert-OH is 1. The minimum absolute atomic E-state index is 0.111. The van der Waals surface area contributed by atoms with Crippen LogP contribution in [0.3, 0.4) is 0 Å². The molecule has 2 heterocycles. The Bertz CT molecular complexity index is 1520. The molecule has 0 saturated carbocycles. The smallest absolute Gasteiger partial charge is 0.326 e. The highest BCUT2D eigenvalue weighted by Gasteiger charge is 2.33. The van der Waals surface area contributed by atoms with E-state index in [4.69, 9.17) is 0 Å². The molecule has 5 amide bonds. The summed E-state index contributed by atoms with van der Waals surface area (Å²) < 4.78 is 0. The Labute approximate surface area is 282 Å². The largest absolute Gasteiger partial charge is 0.481 e. The molecule has 0 aliphatic carbocycles. The van der Waals surface area contributed by atoms with Gasteiger partial charge in [0.05, 0.1) is 19.1 Å². The number of amides is 5. The number of H-pyrrole nitrogens is 1. The van der Waals surface area contributed by atoms with Gasteiger partial charge in [0.25, 0.3) is 0 Å². The zero-order chi connectivity index (χ0) is 36.2. The van der Waals surface area contributed by atoms with Crippen LogP contribution >= 0.6 is 0 Å². The van der Waals surface area contributed by atoms with Crippen LogP contribution < -0.4 is 31.9 Å². The first kappa shape index (κ1) is 38.4. The van der Waals surface area contributed by atoms with Crippen molar-refractivity contribution in [2.75, 3.05) is 13.2 Å². The molecule has 1 aromatic heterocycles. The molecule has 0 bridgehead atoms. The number of hydrogen-bond donors (Lipinski definition) is 10. The van der Waals surface area contributed by atoms with Crippen molar-refractivity contribution in [2.24, 2.45) is 5.92 Å². The maximum Gasteiger partial charge on any atom is 0.326 e. The maximum atomic E-state index is 13.2. The molecule has 0 spiro atoms. The number of fused-ring (bicyclic) bond motifs is 1. The van der Waals surface area contributed by atoms with Crippen LogP contribution in [0.4, 0.5) is 0 Å². The molecule has 3 rings (SSSR count). The van der Waals surface area contributed by atoms with Crippen LogP contribution in [0, 0.1) is 5.92 Å². The second kappa shape index (κ2) is 17.9. The van der Waals surface area contributed by atoms with Crippen molar-refractivity contribution in [3.63, 3.8) is 0 Å². The lowest BCUT2D eigenvalue weighted by Gasteiger charge is -2.26. The first-order valence-electron chi connectivity index (χ1n) is 16.1. The number of para-hydroxylation sites is 1. The van der Waals surface area contributed by atoms with Gasteiger partial charge in [0.2, 0.25) is 29.5 Å². The molecule has 1 aromatic carbocycles. The Balaban J connectivity index is 1.64. The normalized spacial score (nSPS) is 17.3. The van der Waals surface area contributed by atoms with Crippen molar-refractivity contribution in [3.8, 4) is 0 Å². The van der Waals surface area contributed by atoms with E-state index >= 15 is 0 Å². The van der Waals surface area contributed by atoms with Gasteiger partial charge in [-0.05, 0) is 50.3 Å². The highest BCUT2D eigenvalue weighted by molar-refractivity contribution is 5.97. The van der Waals surface area contributed by atoms with Crippen molar-refractivity contribution in [1.29, 1.82) is 0 Å². The molecule has 1 saturated heterocycles. The molecule has 2 aromatic rings. The van der Waals surface area contributed by atoms with Crippen LogP contribution in [0.25, 0.3) is 10.9 Å². The van der Waals surface area contributed by atoms with E-state index in [9.17, 15) is 48.9 Å². The Hall–Kier alpha value is -5.03. The van der Waals surface area contributed by atoms with Crippen molar-refractivity contribution in [2.45, 2.75) is 89.1 Å². The van der Waals surface area contributed by atoms with E-state index in [1.165, 1.54) is 6.92 Å². The van der Waals surface area contributed by atoms with E-state index in [-0.39, 0.29) is 18.8 Å². The van der Waals surface area contributed by atoms with E-state index in [0.717, 1.165) is 17.3 Å². The average molecular weight is 688 g/mol. The van der Waals surface area contributed by atoms with Crippen molar-refractivity contribution in [3.05, 3.63) is 36.0 Å². The number of carboxylic acid groups (broad SMARTS) is 2. The van der Waals surface area contributed by atoms with Crippen LogP contribution in [0.5, 0.6) is 0 Å². The third kappa shape index (κ3) is 11.3. The summed E-state index contributed by atoms with van der Waals surface area (Å²) in [5.74, 6) is -7.01. The summed E-state index contributed by atoms with van der Waals surface area (Å²) in [6, 6.07) is -0.354. The summed E-state index contributed by atoms with van der Waals surface area (Å²) in [6.45, 7) is 4.78. The fourth-order valence-corrected chi connectivity index (χ4v) is 5.40. The van der Waals surface area contributed by atoms with Crippen LogP contribution in [0.2, 0.25) is 0 Å².